The summed E-state index contributed by atoms with van der Waals surface area (Å²) in [4.78, 5) is 0. The van der Waals surface area contributed by atoms with Gasteiger partial charge < -0.3 is 24.8 Å². The molecule has 1 aromatic carbocycles. The van der Waals surface area contributed by atoms with Gasteiger partial charge in [0.25, 0.3) is 0 Å². The van der Waals surface area contributed by atoms with E-state index in [0.29, 0.717) is 11.3 Å². The van der Waals surface area contributed by atoms with Crippen molar-refractivity contribution in [2.45, 2.75) is 46.0 Å². The molecule has 0 radical (unpaired) electrons. The first-order chi connectivity index (χ1) is 5.41. The molecule has 0 aliphatic heterocycles. The van der Waals surface area contributed by atoms with Gasteiger partial charge in [0.15, 0.2) is 0 Å². The first kappa shape index (κ1) is 21.1. The van der Waals surface area contributed by atoms with E-state index < -0.39 is 0 Å². The molecule has 0 spiro atoms. The molecule has 0 saturated heterocycles. The van der Waals surface area contributed by atoms with Gasteiger partial charge in [-0.2, -0.15) is 23.3 Å². The maximum Gasteiger partial charge on any atom is 0 e. The van der Waals surface area contributed by atoms with E-state index in [9.17, 15) is 0 Å². The summed E-state index contributed by atoms with van der Waals surface area (Å²) >= 11 is 0. The molecule has 0 aliphatic carbocycles. The summed E-state index contributed by atoms with van der Waals surface area (Å²) in [6.45, 7) is 11.2. The molecule has 1 aromatic rings. The van der Waals surface area contributed by atoms with Gasteiger partial charge in [0.1, 0.15) is 0 Å². The Morgan fingerprint density at radius 1 is 1.13 bits per heavy atom. The van der Waals surface area contributed by atoms with Crippen molar-refractivity contribution in [1.29, 1.82) is 0 Å². The van der Waals surface area contributed by atoms with Gasteiger partial charge in [-0.15, -0.1) is 0 Å². The summed E-state index contributed by atoms with van der Waals surface area (Å²) in [6.07, 6.45) is 0. The van der Waals surface area contributed by atoms with Crippen LogP contribution in [0.1, 0.15) is 51.7 Å². The third kappa shape index (κ3) is 6.19. The van der Waals surface area contributed by atoms with Gasteiger partial charge in [-0.25, -0.2) is 6.07 Å². The van der Waals surface area contributed by atoms with Crippen LogP contribution in [0.2, 0.25) is 0 Å². The Hall–Kier alpha value is 0.800. The molecule has 88 valence electrons. The minimum absolute atomic E-state index is 0. The monoisotopic (exact) mass is 413 g/mol. The van der Waals surface area contributed by atoms with Crippen molar-refractivity contribution >= 4 is 0 Å². The standard InChI is InChI=1S/C12H19.2ClH.Hf/c1-9(2)10-6-7-11(8-10)12(3,4)5;;;/h6-9H,1-5H3;2*1H;/q-1;;;/p-2. The van der Waals surface area contributed by atoms with Gasteiger partial charge in [-0.05, 0) is 5.92 Å². The Bertz CT molecular complexity index is 259. The van der Waals surface area contributed by atoms with Gasteiger partial charge >= 0.3 is 0 Å². The van der Waals surface area contributed by atoms with Crippen LogP contribution < -0.4 is 24.8 Å². The van der Waals surface area contributed by atoms with Crippen LogP contribution >= 0.6 is 0 Å². The molecule has 0 saturated carbocycles. The normalized spacial score (nSPS) is 10.0. The average molecular weight is 413 g/mol. The molecular weight excluding hydrogens is 394 g/mol. The summed E-state index contributed by atoms with van der Waals surface area (Å²) in [5.41, 5.74) is 3.21. The molecular formula is C12H19Cl2Hf-3. The van der Waals surface area contributed by atoms with Gasteiger partial charge in [-0.3, -0.25) is 0 Å². The Kier molecular flexibility index (Phi) is 11.2. The topological polar surface area (TPSA) is 0 Å². The van der Waals surface area contributed by atoms with Crippen molar-refractivity contribution in [3.63, 3.8) is 0 Å². The zero-order valence-corrected chi connectivity index (χ0v) is 15.2. The SMILES string of the molecule is CC(C)c1cc(C(C)(C)C)c[cH-]1.[Cl-].[Cl-].[Hf]. The third-order valence-electron chi connectivity index (χ3n) is 2.31. The largest absolute Gasteiger partial charge is 1.00 e. The molecule has 1 rings (SSSR count). The van der Waals surface area contributed by atoms with Crippen LogP contribution in [-0.4, -0.2) is 0 Å². The molecule has 0 bridgehead atoms. The van der Waals surface area contributed by atoms with E-state index >= 15 is 0 Å². The molecule has 0 N–H and O–H groups in total. The fourth-order valence-corrected chi connectivity index (χ4v) is 1.29. The molecule has 0 unspecified atom stereocenters. The fourth-order valence-electron chi connectivity index (χ4n) is 1.29. The predicted molar refractivity (Wildman–Crippen MR) is 54.8 cm³/mol. The third-order valence-corrected chi connectivity index (χ3v) is 2.31. The Labute approximate surface area is 125 Å². The Morgan fingerprint density at radius 2 is 1.60 bits per heavy atom. The summed E-state index contributed by atoms with van der Waals surface area (Å²) < 4.78 is 0. The van der Waals surface area contributed by atoms with Crippen LogP contribution in [0.15, 0.2) is 18.2 Å². The summed E-state index contributed by atoms with van der Waals surface area (Å²) in [5, 5.41) is 0. The summed E-state index contributed by atoms with van der Waals surface area (Å²) in [7, 11) is 0. The first-order valence-electron chi connectivity index (χ1n) is 4.68. The van der Waals surface area contributed by atoms with E-state index in [1.165, 1.54) is 11.1 Å². The number of hydrogen-bond donors (Lipinski definition) is 0. The second-order valence-electron chi connectivity index (χ2n) is 4.84. The summed E-state index contributed by atoms with van der Waals surface area (Å²) in [5.74, 6) is 0.654. The second-order valence-corrected chi connectivity index (χ2v) is 4.84. The van der Waals surface area contributed by atoms with E-state index in [4.69, 9.17) is 0 Å². The molecule has 0 amide bonds. The van der Waals surface area contributed by atoms with Crippen molar-refractivity contribution in [2.24, 2.45) is 0 Å². The van der Waals surface area contributed by atoms with Crippen LogP contribution in [0.25, 0.3) is 0 Å². The number of hydrogen-bond acceptors (Lipinski definition) is 0. The number of rotatable bonds is 1. The van der Waals surface area contributed by atoms with E-state index in [0.717, 1.165) is 0 Å². The van der Waals surface area contributed by atoms with Gasteiger partial charge in [-0.1, -0.05) is 40.0 Å². The van der Waals surface area contributed by atoms with Gasteiger partial charge in [0.05, 0.1) is 0 Å². The van der Waals surface area contributed by atoms with E-state index in [-0.39, 0.29) is 50.7 Å². The first-order valence-corrected chi connectivity index (χ1v) is 4.68. The molecule has 0 fully saturated rings. The number of halogens is 2. The summed E-state index contributed by atoms with van der Waals surface area (Å²) in [6, 6.07) is 6.81. The van der Waals surface area contributed by atoms with Crippen LogP contribution in [0, 0.1) is 0 Å². The molecule has 3 heteroatoms. The van der Waals surface area contributed by atoms with Crippen molar-refractivity contribution in [1.82, 2.24) is 0 Å². The maximum absolute atomic E-state index is 2.32. The maximum atomic E-state index is 2.32. The molecule has 0 aromatic heterocycles. The molecule has 0 aliphatic rings. The van der Waals surface area contributed by atoms with Crippen molar-refractivity contribution < 1.29 is 50.7 Å². The molecule has 0 atom stereocenters. The Morgan fingerprint density at radius 3 is 1.80 bits per heavy atom. The molecule has 0 nitrogen and oxygen atoms in total. The molecule has 0 heterocycles. The van der Waals surface area contributed by atoms with Crippen LogP contribution in [-0.2, 0) is 31.3 Å². The van der Waals surface area contributed by atoms with Gasteiger partial charge in [0.2, 0.25) is 0 Å². The molecule has 15 heavy (non-hydrogen) atoms. The van der Waals surface area contributed by atoms with E-state index in [2.05, 4.69) is 52.8 Å². The minimum atomic E-state index is 0. The zero-order valence-electron chi connectivity index (χ0n) is 10.1. The predicted octanol–water partition coefficient (Wildman–Crippen LogP) is -2.17. The fraction of sp³-hybridized carbons (Fsp3) is 0.583. The average Bonchev–Trinajstić information content (AvgIpc) is 2.30. The second kappa shape index (κ2) is 7.97. The van der Waals surface area contributed by atoms with Crippen LogP contribution in [0.5, 0.6) is 0 Å². The van der Waals surface area contributed by atoms with Gasteiger partial charge in [0, 0.05) is 25.8 Å². The zero-order chi connectivity index (χ0) is 9.35. The smallest absolute Gasteiger partial charge is 0 e. The van der Waals surface area contributed by atoms with Crippen molar-refractivity contribution in [2.75, 3.05) is 0 Å². The quantitative estimate of drug-likeness (QED) is 0.364. The Balaban J connectivity index is -0.000000480. The van der Waals surface area contributed by atoms with E-state index in [1.807, 2.05) is 0 Å². The van der Waals surface area contributed by atoms with E-state index in [1.54, 1.807) is 0 Å². The van der Waals surface area contributed by atoms with Crippen molar-refractivity contribution in [3.8, 4) is 0 Å². The van der Waals surface area contributed by atoms with Crippen LogP contribution in [0.4, 0.5) is 0 Å². The van der Waals surface area contributed by atoms with Crippen LogP contribution in [0.3, 0.4) is 0 Å². The van der Waals surface area contributed by atoms with Crippen molar-refractivity contribution in [3.05, 3.63) is 29.3 Å². The minimum Gasteiger partial charge on any atom is -1.00 e.